The van der Waals surface area contributed by atoms with Gasteiger partial charge in [0, 0.05) is 16.4 Å². The molecule has 0 spiro atoms. The zero-order valence-electron chi connectivity index (χ0n) is 13.8. The van der Waals surface area contributed by atoms with Crippen molar-refractivity contribution in [2.24, 2.45) is 0 Å². The van der Waals surface area contributed by atoms with Gasteiger partial charge in [-0.15, -0.1) is 0 Å². The fourth-order valence-electron chi connectivity index (χ4n) is 3.40. The molecule has 0 fully saturated rings. The second kappa shape index (κ2) is 6.60. The summed E-state index contributed by atoms with van der Waals surface area (Å²) in [4.78, 5) is 0. The van der Waals surface area contributed by atoms with Crippen LogP contribution in [0.3, 0.4) is 0 Å². The molecule has 21 heavy (non-hydrogen) atoms. The van der Waals surface area contributed by atoms with Gasteiger partial charge in [0.05, 0.1) is 15.2 Å². The van der Waals surface area contributed by atoms with Crippen LogP contribution in [0.15, 0.2) is 60.7 Å². The molecule has 0 atom stereocenters. The number of hydrogen-bond acceptors (Lipinski definition) is 0. The molecule has 3 radical (unpaired) electrons. The molecular formula is C17H25Si4. The fraction of sp³-hybridized carbons (Fsp3) is 0.294. The first-order valence-corrected chi connectivity index (χ1v) is 19.6. The van der Waals surface area contributed by atoms with Gasteiger partial charge >= 0.3 is 0 Å². The average molecular weight is 342 g/mol. The van der Waals surface area contributed by atoms with E-state index >= 15 is 0 Å². The first-order valence-electron chi connectivity index (χ1n) is 7.57. The quantitative estimate of drug-likeness (QED) is 0.733. The summed E-state index contributed by atoms with van der Waals surface area (Å²) in [7, 11) is -1.91. The van der Waals surface area contributed by atoms with E-state index in [9.17, 15) is 0 Å². The molecule has 0 aromatic heterocycles. The Morgan fingerprint density at radius 1 is 0.667 bits per heavy atom. The molecule has 109 valence electrons. The highest BCUT2D eigenvalue weighted by atomic mass is 29.9. The Kier molecular flexibility index (Phi) is 5.24. The third kappa shape index (κ3) is 3.39. The maximum absolute atomic E-state index is 2.62. The molecule has 0 bridgehead atoms. The number of hydrogen-bond donors (Lipinski definition) is 0. The summed E-state index contributed by atoms with van der Waals surface area (Å²) in [6.07, 6.45) is 0. The number of benzene rings is 2. The highest BCUT2D eigenvalue weighted by molar-refractivity contribution is 7.79. The molecule has 0 aliphatic rings. The molecule has 4 heteroatoms. The third-order valence-electron chi connectivity index (χ3n) is 4.49. The van der Waals surface area contributed by atoms with E-state index < -0.39 is 15.2 Å². The van der Waals surface area contributed by atoms with E-state index in [2.05, 4.69) is 93.4 Å². The van der Waals surface area contributed by atoms with E-state index in [-0.39, 0.29) is 7.35 Å². The minimum Gasteiger partial charge on any atom is -0.0760 e. The van der Waals surface area contributed by atoms with Crippen LogP contribution in [-0.2, 0) is 0 Å². The van der Waals surface area contributed by atoms with Crippen LogP contribution < -0.4 is 10.4 Å². The van der Waals surface area contributed by atoms with Crippen LogP contribution in [0.1, 0.15) is 0 Å². The molecular weight excluding hydrogens is 317 g/mol. The largest absolute Gasteiger partial charge is 0.0760 e. The van der Waals surface area contributed by atoms with Crippen molar-refractivity contribution in [3.63, 3.8) is 0 Å². The highest BCUT2D eigenvalue weighted by Crippen LogP contribution is 2.18. The van der Waals surface area contributed by atoms with Gasteiger partial charge in [-0.05, 0) is 0 Å². The second-order valence-electron chi connectivity index (χ2n) is 6.61. The van der Waals surface area contributed by atoms with Crippen LogP contribution in [0.5, 0.6) is 0 Å². The maximum atomic E-state index is 2.62. The third-order valence-corrected chi connectivity index (χ3v) is 48.8. The smallest absolute Gasteiger partial charge is 0.0663 e. The Labute approximate surface area is 135 Å². The Bertz CT molecular complexity index is 512. The number of rotatable bonds is 5. The van der Waals surface area contributed by atoms with Gasteiger partial charge in [0.1, 0.15) is 0 Å². The predicted octanol–water partition coefficient (Wildman–Crippen LogP) is 3.12. The van der Waals surface area contributed by atoms with Gasteiger partial charge in [-0.2, -0.15) is 0 Å². The molecule has 0 aliphatic heterocycles. The van der Waals surface area contributed by atoms with Crippen LogP contribution in [0, 0.1) is 0 Å². The molecule has 2 rings (SSSR count). The van der Waals surface area contributed by atoms with Crippen LogP contribution in [0.4, 0.5) is 0 Å². The Morgan fingerprint density at radius 2 is 1.00 bits per heavy atom. The minimum absolute atomic E-state index is 0.335. The van der Waals surface area contributed by atoms with Crippen LogP contribution in [0.2, 0.25) is 32.7 Å². The SMILES string of the molecule is C[Si][Si]([Si](C)(C)c1ccccc1)[Si](C)(C)c1ccccc1. The molecule has 0 saturated carbocycles. The molecule has 0 saturated heterocycles. The van der Waals surface area contributed by atoms with Crippen molar-refractivity contribution in [1.29, 1.82) is 0 Å². The Morgan fingerprint density at radius 3 is 1.29 bits per heavy atom. The van der Waals surface area contributed by atoms with E-state index in [4.69, 9.17) is 0 Å². The minimum atomic E-state index is -1.35. The van der Waals surface area contributed by atoms with E-state index in [0.29, 0.717) is 0 Å². The summed E-state index contributed by atoms with van der Waals surface area (Å²) in [5, 5.41) is 3.31. The predicted molar refractivity (Wildman–Crippen MR) is 104 cm³/mol. The maximum Gasteiger partial charge on any atom is 0.0663 e. The van der Waals surface area contributed by atoms with E-state index in [1.807, 2.05) is 0 Å². The van der Waals surface area contributed by atoms with E-state index in [1.54, 1.807) is 10.4 Å². The zero-order chi connectivity index (χ0) is 15.5. The highest BCUT2D eigenvalue weighted by Gasteiger charge is 2.45. The molecule has 0 N–H and O–H groups in total. The lowest BCUT2D eigenvalue weighted by Crippen LogP contribution is -2.73. The Hall–Kier alpha value is -0.692. The average Bonchev–Trinajstić information content (AvgIpc) is 2.49. The molecule has 0 nitrogen and oxygen atoms in total. The van der Waals surface area contributed by atoms with Gasteiger partial charge in [-0.25, -0.2) is 0 Å². The second-order valence-corrected chi connectivity index (χ2v) is 33.5. The van der Waals surface area contributed by atoms with Crippen molar-refractivity contribution in [2.75, 3.05) is 0 Å². The lowest BCUT2D eigenvalue weighted by Gasteiger charge is -2.41. The van der Waals surface area contributed by atoms with Gasteiger partial charge < -0.3 is 0 Å². The van der Waals surface area contributed by atoms with Crippen molar-refractivity contribution in [1.82, 2.24) is 0 Å². The first-order chi connectivity index (χ1) is 9.90. The zero-order valence-corrected chi connectivity index (χ0v) is 17.8. The molecule has 0 amide bonds. The Balaban J connectivity index is 2.43. The van der Waals surface area contributed by atoms with Gasteiger partial charge in [0.2, 0.25) is 0 Å². The topological polar surface area (TPSA) is 0 Å². The van der Waals surface area contributed by atoms with E-state index in [1.165, 1.54) is 0 Å². The summed E-state index contributed by atoms with van der Waals surface area (Å²) >= 11 is 0. The molecule has 0 heterocycles. The van der Waals surface area contributed by atoms with Crippen molar-refractivity contribution >= 4 is 41.9 Å². The summed E-state index contributed by atoms with van der Waals surface area (Å²) < 4.78 is 0. The molecule has 0 aliphatic carbocycles. The summed E-state index contributed by atoms with van der Waals surface area (Å²) in [6.45, 7) is 12.9. The first kappa shape index (κ1) is 16.7. The standard InChI is InChI=1S/C17H25Si4/c1-18-19(20(2,3)16-12-8-6-9-13-16)21(4,5)17-14-10-7-11-15-17/h6-15H,1-5H3. The molecule has 2 aromatic carbocycles. The van der Waals surface area contributed by atoms with Gasteiger partial charge in [-0.3, -0.25) is 0 Å². The van der Waals surface area contributed by atoms with Crippen LogP contribution in [-0.4, -0.2) is 31.6 Å². The van der Waals surface area contributed by atoms with Crippen molar-refractivity contribution in [2.45, 2.75) is 32.7 Å². The summed E-state index contributed by atoms with van der Waals surface area (Å²) in [5.74, 6) is 0. The normalized spacial score (nSPS) is 12.7. The van der Waals surface area contributed by atoms with Crippen molar-refractivity contribution in [3.05, 3.63) is 60.7 Å². The molecule has 2 aromatic rings. The van der Waals surface area contributed by atoms with Gasteiger partial charge in [0.25, 0.3) is 0 Å². The fourth-order valence-corrected chi connectivity index (χ4v) is 50.5. The van der Waals surface area contributed by atoms with Crippen LogP contribution >= 0.6 is 0 Å². The van der Waals surface area contributed by atoms with Gasteiger partial charge in [0.15, 0.2) is 0 Å². The van der Waals surface area contributed by atoms with Gasteiger partial charge in [-0.1, -0.05) is 104 Å². The summed E-state index contributed by atoms with van der Waals surface area (Å²) in [6, 6.07) is 22.7. The monoisotopic (exact) mass is 341 g/mol. The molecule has 0 unspecified atom stereocenters. The summed E-state index contributed by atoms with van der Waals surface area (Å²) in [5.41, 5.74) is 0. The lowest BCUT2D eigenvalue weighted by atomic mass is 10.4. The lowest BCUT2D eigenvalue weighted by molar-refractivity contribution is 1.72. The van der Waals surface area contributed by atoms with Crippen molar-refractivity contribution in [3.8, 4) is 0 Å². The van der Waals surface area contributed by atoms with Crippen molar-refractivity contribution < 1.29 is 0 Å². The van der Waals surface area contributed by atoms with E-state index in [0.717, 1.165) is 9.04 Å². The van der Waals surface area contributed by atoms with Crippen LogP contribution in [0.25, 0.3) is 0 Å².